The number of para-hydroxylation sites is 1. The first kappa shape index (κ1) is 19.1. The van der Waals surface area contributed by atoms with Gasteiger partial charge in [-0.05, 0) is 31.9 Å². The first-order valence-corrected chi connectivity index (χ1v) is 9.13. The van der Waals surface area contributed by atoms with E-state index in [0.29, 0.717) is 36.9 Å². The van der Waals surface area contributed by atoms with Gasteiger partial charge in [0.05, 0.1) is 17.9 Å². The molecular formula is C20H25FN4O2. The van der Waals surface area contributed by atoms with E-state index < -0.39 is 0 Å². The minimum Gasteiger partial charge on any atom is -0.490 e. The molecule has 7 heteroatoms. The van der Waals surface area contributed by atoms with Crippen molar-refractivity contribution in [3.8, 4) is 5.75 Å². The third-order valence-electron chi connectivity index (χ3n) is 4.71. The van der Waals surface area contributed by atoms with Crippen LogP contribution in [-0.4, -0.2) is 54.6 Å². The minimum absolute atomic E-state index is 0.0617. The quantitative estimate of drug-likeness (QED) is 0.808. The van der Waals surface area contributed by atoms with E-state index in [1.807, 2.05) is 25.9 Å². The molecule has 1 amide bonds. The Hall–Kier alpha value is -2.70. The smallest absolute Gasteiger partial charge is 0.257 e. The lowest BCUT2D eigenvalue weighted by Gasteiger charge is -2.33. The van der Waals surface area contributed by atoms with E-state index in [2.05, 4.69) is 9.97 Å². The number of anilines is 1. The molecular weight excluding hydrogens is 347 g/mol. The highest BCUT2D eigenvalue weighted by molar-refractivity contribution is 5.95. The second-order valence-corrected chi connectivity index (χ2v) is 7.06. The fourth-order valence-electron chi connectivity index (χ4n) is 3.21. The number of carbonyl (C=O) groups excluding carboxylic acids is 1. The molecule has 1 aromatic heterocycles. The number of likely N-dealkylation sites (tertiary alicyclic amines) is 1. The standard InChI is InChI=1S/C20H25FN4O2/c1-14-16(11-22-20(23-14)24(2)3)19(26)25-10-6-7-15(12-25)13-27-18-9-5-4-8-17(18)21/h4-5,8-9,11,15H,6-7,10,12-13H2,1-3H3/t15-/m0/s1. The Labute approximate surface area is 159 Å². The summed E-state index contributed by atoms with van der Waals surface area (Å²) in [4.78, 5) is 25.2. The molecule has 2 heterocycles. The summed E-state index contributed by atoms with van der Waals surface area (Å²) in [6.45, 7) is 3.50. The lowest BCUT2D eigenvalue weighted by atomic mass is 9.98. The van der Waals surface area contributed by atoms with Crippen LogP contribution in [0.3, 0.4) is 0 Å². The zero-order chi connectivity index (χ0) is 19.4. The van der Waals surface area contributed by atoms with Crippen molar-refractivity contribution in [3.63, 3.8) is 0 Å². The predicted octanol–water partition coefficient (Wildman–Crippen LogP) is 2.92. The first-order valence-electron chi connectivity index (χ1n) is 9.13. The van der Waals surface area contributed by atoms with Gasteiger partial charge in [-0.2, -0.15) is 0 Å². The van der Waals surface area contributed by atoms with Crippen LogP contribution in [0, 0.1) is 18.7 Å². The molecule has 0 aliphatic carbocycles. The number of hydrogen-bond acceptors (Lipinski definition) is 5. The fourth-order valence-corrected chi connectivity index (χ4v) is 3.21. The van der Waals surface area contributed by atoms with Gasteiger partial charge in [0.1, 0.15) is 0 Å². The summed E-state index contributed by atoms with van der Waals surface area (Å²) in [6, 6.07) is 6.38. The molecule has 144 valence electrons. The summed E-state index contributed by atoms with van der Waals surface area (Å²) in [6.07, 6.45) is 3.44. The molecule has 0 spiro atoms. The largest absolute Gasteiger partial charge is 0.490 e. The van der Waals surface area contributed by atoms with Gasteiger partial charge >= 0.3 is 0 Å². The lowest BCUT2D eigenvalue weighted by Crippen LogP contribution is -2.42. The number of aromatic nitrogens is 2. The Balaban J connectivity index is 1.63. The van der Waals surface area contributed by atoms with Gasteiger partial charge in [-0.15, -0.1) is 0 Å². The second-order valence-electron chi connectivity index (χ2n) is 7.06. The Morgan fingerprint density at radius 2 is 2.15 bits per heavy atom. The summed E-state index contributed by atoms with van der Waals surface area (Å²) in [7, 11) is 3.72. The Morgan fingerprint density at radius 1 is 1.37 bits per heavy atom. The van der Waals surface area contributed by atoms with E-state index in [1.54, 1.807) is 29.3 Å². The highest BCUT2D eigenvalue weighted by Crippen LogP contribution is 2.22. The number of rotatable bonds is 5. The van der Waals surface area contributed by atoms with Crippen molar-refractivity contribution in [3.05, 3.63) is 47.5 Å². The van der Waals surface area contributed by atoms with E-state index >= 15 is 0 Å². The molecule has 1 fully saturated rings. The van der Waals surface area contributed by atoms with Gasteiger partial charge in [-0.3, -0.25) is 4.79 Å². The monoisotopic (exact) mass is 372 g/mol. The summed E-state index contributed by atoms with van der Waals surface area (Å²) in [5.41, 5.74) is 1.19. The molecule has 3 rings (SSSR count). The topological polar surface area (TPSA) is 58.6 Å². The van der Waals surface area contributed by atoms with Crippen molar-refractivity contribution in [2.45, 2.75) is 19.8 Å². The summed E-state index contributed by atoms with van der Waals surface area (Å²) < 4.78 is 19.3. The van der Waals surface area contributed by atoms with E-state index in [9.17, 15) is 9.18 Å². The second kappa shape index (κ2) is 8.33. The molecule has 0 saturated carbocycles. The molecule has 0 bridgehead atoms. The Bertz CT molecular complexity index is 812. The molecule has 27 heavy (non-hydrogen) atoms. The normalized spacial score (nSPS) is 16.9. The van der Waals surface area contributed by atoms with Crippen molar-refractivity contribution < 1.29 is 13.9 Å². The highest BCUT2D eigenvalue weighted by Gasteiger charge is 2.26. The van der Waals surface area contributed by atoms with Crippen LogP contribution in [0.5, 0.6) is 5.75 Å². The van der Waals surface area contributed by atoms with Gasteiger partial charge in [0.15, 0.2) is 11.6 Å². The van der Waals surface area contributed by atoms with Crippen molar-refractivity contribution in [1.82, 2.24) is 14.9 Å². The SMILES string of the molecule is Cc1nc(N(C)C)ncc1C(=O)N1CCC[C@H](COc2ccccc2F)C1. The molecule has 1 aliphatic rings. The molecule has 6 nitrogen and oxygen atoms in total. The molecule has 0 N–H and O–H groups in total. The highest BCUT2D eigenvalue weighted by atomic mass is 19.1. The van der Waals surface area contributed by atoms with Crippen LogP contribution in [0.1, 0.15) is 28.9 Å². The number of carbonyl (C=O) groups is 1. The van der Waals surface area contributed by atoms with Gasteiger partial charge in [0.25, 0.3) is 5.91 Å². The van der Waals surface area contributed by atoms with E-state index in [4.69, 9.17) is 4.74 Å². The fraction of sp³-hybridized carbons (Fsp3) is 0.450. The maximum Gasteiger partial charge on any atom is 0.257 e. The van der Waals surface area contributed by atoms with Crippen molar-refractivity contribution in [2.24, 2.45) is 5.92 Å². The van der Waals surface area contributed by atoms with E-state index in [-0.39, 0.29) is 23.4 Å². The zero-order valence-corrected chi connectivity index (χ0v) is 16.0. The van der Waals surface area contributed by atoms with Crippen LogP contribution < -0.4 is 9.64 Å². The van der Waals surface area contributed by atoms with Crippen molar-refractivity contribution >= 4 is 11.9 Å². The summed E-state index contributed by atoms with van der Waals surface area (Å²) >= 11 is 0. The van der Waals surface area contributed by atoms with Crippen molar-refractivity contribution in [2.75, 3.05) is 38.7 Å². The van der Waals surface area contributed by atoms with Gasteiger partial charge in [0, 0.05) is 39.3 Å². The molecule has 1 saturated heterocycles. The van der Waals surface area contributed by atoms with E-state index in [1.165, 1.54) is 6.07 Å². The Kier molecular flexibility index (Phi) is 5.88. The lowest BCUT2D eigenvalue weighted by molar-refractivity contribution is 0.0629. The number of ether oxygens (including phenoxy) is 1. The average molecular weight is 372 g/mol. The van der Waals surface area contributed by atoms with Gasteiger partial charge in [-0.25, -0.2) is 14.4 Å². The molecule has 1 aromatic carbocycles. The third kappa shape index (κ3) is 4.53. The zero-order valence-electron chi connectivity index (χ0n) is 16.0. The number of halogens is 1. The third-order valence-corrected chi connectivity index (χ3v) is 4.71. The number of nitrogens with zero attached hydrogens (tertiary/aromatic N) is 4. The maximum absolute atomic E-state index is 13.7. The number of piperidine rings is 1. The predicted molar refractivity (Wildman–Crippen MR) is 102 cm³/mol. The van der Waals surface area contributed by atoms with Crippen LogP contribution in [0.15, 0.2) is 30.5 Å². The molecule has 1 aliphatic heterocycles. The van der Waals surface area contributed by atoms with Crippen LogP contribution >= 0.6 is 0 Å². The number of benzene rings is 1. The number of amides is 1. The van der Waals surface area contributed by atoms with Crippen LogP contribution in [0.4, 0.5) is 10.3 Å². The molecule has 1 atom stereocenters. The Morgan fingerprint density at radius 3 is 2.85 bits per heavy atom. The van der Waals surface area contributed by atoms with Gasteiger partial charge in [0.2, 0.25) is 5.95 Å². The molecule has 2 aromatic rings. The number of hydrogen-bond donors (Lipinski definition) is 0. The van der Waals surface area contributed by atoms with Crippen LogP contribution in [0.2, 0.25) is 0 Å². The van der Waals surface area contributed by atoms with Crippen molar-refractivity contribution in [1.29, 1.82) is 0 Å². The molecule has 0 radical (unpaired) electrons. The number of aryl methyl sites for hydroxylation is 1. The van der Waals surface area contributed by atoms with Gasteiger partial charge < -0.3 is 14.5 Å². The van der Waals surface area contributed by atoms with E-state index in [0.717, 1.165) is 12.8 Å². The van der Waals surface area contributed by atoms with Gasteiger partial charge in [-0.1, -0.05) is 12.1 Å². The van der Waals surface area contributed by atoms with Crippen LogP contribution in [0.25, 0.3) is 0 Å². The molecule has 0 unspecified atom stereocenters. The summed E-state index contributed by atoms with van der Waals surface area (Å²) in [5.74, 6) is 0.580. The average Bonchev–Trinajstić information content (AvgIpc) is 2.67. The summed E-state index contributed by atoms with van der Waals surface area (Å²) in [5, 5.41) is 0. The minimum atomic E-state index is -0.366. The van der Waals surface area contributed by atoms with Crippen LogP contribution in [-0.2, 0) is 0 Å². The first-order chi connectivity index (χ1) is 13.0. The maximum atomic E-state index is 13.7.